The van der Waals surface area contributed by atoms with E-state index in [2.05, 4.69) is 15.3 Å². The van der Waals surface area contributed by atoms with Gasteiger partial charge in [0.25, 0.3) is 11.7 Å². The molecule has 15 nitrogen and oxygen atoms in total. The van der Waals surface area contributed by atoms with Crippen LogP contribution in [-0.2, 0) is 23.8 Å². The van der Waals surface area contributed by atoms with E-state index in [9.17, 15) is 34.8 Å². The van der Waals surface area contributed by atoms with Gasteiger partial charge in [0, 0.05) is 75.5 Å². The second-order valence-electron chi connectivity index (χ2n) is 16.1. The highest BCUT2D eigenvalue weighted by molar-refractivity contribution is 6.23. The van der Waals surface area contributed by atoms with Crippen molar-refractivity contribution in [3.8, 4) is 23.0 Å². The van der Waals surface area contributed by atoms with Gasteiger partial charge in [-0.1, -0.05) is 45.9 Å². The van der Waals surface area contributed by atoms with Crippen molar-refractivity contribution >= 4 is 40.3 Å². The fourth-order valence-corrected chi connectivity index (χ4v) is 7.99. The fourth-order valence-electron chi connectivity index (χ4n) is 7.99. The number of ketones is 1. The van der Waals surface area contributed by atoms with Gasteiger partial charge in [0.05, 0.1) is 46.9 Å². The number of allylic oxidation sites excluding steroid dienone is 3. The third kappa shape index (κ3) is 8.81. The number of amides is 1. The third-order valence-corrected chi connectivity index (χ3v) is 11.6. The Kier molecular flexibility index (Phi) is 13.5. The van der Waals surface area contributed by atoms with Gasteiger partial charge in [-0.3, -0.25) is 19.4 Å². The summed E-state index contributed by atoms with van der Waals surface area (Å²) in [4.78, 5) is 42.6. The summed E-state index contributed by atoms with van der Waals surface area (Å²) in [5.41, 5.74) is -0.149. The number of hydrazone groups is 1. The Bertz CT molecular complexity index is 2040. The Morgan fingerprint density at radius 1 is 1.00 bits per heavy atom. The summed E-state index contributed by atoms with van der Waals surface area (Å²) < 4.78 is 23.7. The minimum atomic E-state index is -2.01. The number of carbonyl (C=O) groups excluding carboxylic acids is 3. The standard InChI is InChI=1S/C43H58N4O11/c1-22-12-11-13-23(2)42(54)45-34-29(21-44-47-17-15-46(9)16-18-47)37(51)31-32(38(34)52)36(50)27(6)40-33(31)41(53)43(8,58-40)56-19-14-30(55-10)25(4)39(57-28(7)48)26(5)35(49)24(3)20-22/h11-14,19,21-22,24-26,30,35,39,49-52H,15-18,20H2,1-10H3,(H,45,54)/b12-11+,19-14+,23-13-,44-21+. The Morgan fingerprint density at radius 2 is 1.67 bits per heavy atom. The van der Waals surface area contributed by atoms with Gasteiger partial charge in [-0.2, -0.15) is 5.10 Å². The SMILES string of the molecule is COC1/C=C/OC2(C)Oc3c(C)c(O)c4c(O)c(c(/C=N/N5CCN(C)CC5)c(O)c4c3C2=O)NC(=O)/C(C)=C\C=C\C(C)CC(C)C(O)C(C)C(OC(C)=O)C1C. The Labute approximate surface area is 339 Å². The number of rotatable bonds is 4. The summed E-state index contributed by atoms with van der Waals surface area (Å²) in [6.45, 7) is 15.9. The Balaban J connectivity index is 1.69. The zero-order chi connectivity index (χ0) is 42.8. The van der Waals surface area contributed by atoms with Crippen molar-refractivity contribution in [1.29, 1.82) is 0 Å². The number of Topliss-reactive ketones (excluding diaryl/α,β-unsaturated/α-hetero) is 1. The molecule has 0 radical (unpaired) electrons. The summed E-state index contributed by atoms with van der Waals surface area (Å²) in [7, 11) is 3.47. The minimum absolute atomic E-state index is 0.0243. The molecule has 316 valence electrons. The first-order chi connectivity index (χ1) is 27.3. The zero-order valence-corrected chi connectivity index (χ0v) is 35.0. The number of benzene rings is 2. The summed E-state index contributed by atoms with van der Waals surface area (Å²) in [5.74, 6) is -6.83. The molecule has 4 aliphatic rings. The van der Waals surface area contributed by atoms with Crippen LogP contribution in [0.1, 0.15) is 76.4 Å². The molecule has 6 rings (SSSR count). The fraction of sp³-hybridized carbons (Fsp3) is 0.535. The van der Waals surface area contributed by atoms with Crippen molar-refractivity contribution in [2.75, 3.05) is 45.7 Å². The van der Waals surface area contributed by atoms with Crippen LogP contribution in [0.5, 0.6) is 23.0 Å². The van der Waals surface area contributed by atoms with E-state index in [4.69, 9.17) is 18.9 Å². The number of likely N-dealkylation sites (N-methyl/N-ethyl adjacent to an activating group) is 1. The van der Waals surface area contributed by atoms with Crippen molar-refractivity contribution in [2.45, 2.75) is 85.9 Å². The zero-order valence-electron chi connectivity index (χ0n) is 35.0. The van der Waals surface area contributed by atoms with Crippen molar-refractivity contribution in [3.05, 3.63) is 52.8 Å². The number of anilines is 1. The van der Waals surface area contributed by atoms with Gasteiger partial charge in [-0.15, -0.1) is 0 Å². The van der Waals surface area contributed by atoms with Gasteiger partial charge in [-0.05, 0) is 45.2 Å². The average molecular weight is 807 g/mol. The molecule has 0 spiro atoms. The van der Waals surface area contributed by atoms with Crippen molar-refractivity contribution in [2.24, 2.45) is 28.8 Å². The second-order valence-corrected chi connectivity index (χ2v) is 16.1. The molecule has 5 N–H and O–H groups in total. The van der Waals surface area contributed by atoms with Gasteiger partial charge in [0.1, 0.15) is 23.4 Å². The van der Waals surface area contributed by atoms with E-state index in [1.807, 2.05) is 40.8 Å². The van der Waals surface area contributed by atoms with E-state index in [0.29, 0.717) is 19.5 Å². The predicted molar refractivity (Wildman–Crippen MR) is 219 cm³/mol. The van der Waals surface area contributed by atoms with Crippen LogP contribution in [0.15, 0.2) is 41.2 Å². The van der Waals surface area contributed by atoms with Crippen LogP contribution >= 0.6 is 0 Å². The molecule has 4 heterocycles. The number of aliphatic hydroxyl groups excluding tert-OH is 1. The van der Waals surface area contributed by atoms with Gasteiger partial charge in [-0.25, -0.2) is 0 Å². The number of carbonyl (C=O) groups is 3. The smallest absolute Gasteiger partial charge is 0.312 e. The molecule has 0 saturated carbocycles. The van der Waals surface area contributed by atoms with E-state index in [-0.39, 0.29) is 56.3 Å². The monoisotopic (exact) mass is 806 g/mol. The number of esters is 1. The lowest BCUT2D eigenvalue weighted by atomic mass is 9.79. The van der Waals surface area contributed by atoms with Crippen LogP contribution in [0.25, 0.3) is 10.8 Å². The molecular weight excluding hydrogens is 748 g/mol. The summed E-state index contributed by atoms with van der Waals surface area (Å²) >= 11 is 0. The molecule has 8 atom stereocenters. The van der Waals surface area contributed by atoms with Crippen LogP contribution in [0, 0.1) is 30.6 Å². The highest BCUT2D eigenvalue weighted by atomic mass is 16.7. The second kappa shape index (κ2) is 17.8. The number of phenolic OH excluding ortho intramolecular Hbond substituents is 3. The topological polar surface area (TPSA) is 200 Å². The first-order valence-corrected chi connectivity index (χ1v) is 19.7. The lowest BCUT2D eigenvalue weighted by Gasteiger charge is -2.36. The molecule has 4 aliphatic heterocycles. The molecular formula is C43H58N4O11. The third-order valence-electron chi connectivity index (χ3n) is 11.6. The number of hydrogen-bond acceptors (Lipinski definition) is 14. The number of piperazine rings is 1. The Morgan fingerprint density at radius 3 is 2.31 bits per heavy atom. The van der Waals surface area contributed by atoms with Gasteiger partial charge < -0.3 is 49.6 Å². The van der Waals surface area contributed by atoms with E-state index in [1.54, 1.807) is 30.2 Å². The molecule has 2 aromatic rings. The molecule has 1 fully saturated rings. The van der Waals surface area contributed by atoms with Crippen LogP contribution in [0.3, 0.4) is 0 Å². The predicted octanol–water partition coefficient (Wildman–Crippen LogP) is 5.36. The van der Waals surface area contributed by atoms with Crippen LogP contribution in [-0.4, -0.2) is 119 Å². The molecule has 58 heavy (non-hydrogen) atoms. The molecule has 1 amide bonds. The summed E-state index contributed by atoms with van der Waals surface area (Å²) in [6.07, 6.45) is 7.55. The van der Waals surface area contributed by atoms with E-state index < -0.39 is 70.8 Å². The first kappa shape index (κ1) is 44.0. The lowest BCUT2D eigenvalue weighted by Crippen LogP contribution is -2.44. The quantitative estimate of drug-likeness (QED) is 0.115. The Hall–Kier alpha value is -5.12. The highest BCUT2D eigenvalue weighted by Gasteiger charge is 2.50. The number of nitrogens with zero attached hydrogens (tertiary/aromatic N) is 3. The lowest BCUT2D eigenvalue weighted by molar-refractivity contribution is -0.159. The number of methoxy groups -OCH3 is 1. The summed E-state index contributed by atoms with van der Waals surface area (Å²) in [6, 6.07) is 0. The van der Waals surface area contributed by atoms with E-state index in [0.717, 1.165) is 13.1 Å². The van der Waals surface area contributed by atoms with Gasteiger partial charge in [0.15, 0.2) is 5.75 Å². The number of ether oxygens (including phenoxy) is 4. The van der Waals surface area contributed by atoms with Crippen LogP contribution < -0.4 is 10.1 Å². The highest BCUT2D eigenvalue weighted by Crippen LogP contribution is 2.55. The number of hydrogen-bond donors (Lipinski definition) is 5. The molecule has 15 heteroatoms. The van der Waals surface area contributed by atoms with E-state index in [1.165, 1.54) is 40.4 Å². The van der Waals surface area contributed by atoms with Crippen molar-refractivity contribution in [1.82, 2.24) is 9.91 Å². The van der Waals surface area contributed by atoms with Crippen LogP contribution in [0.2, 0.25) is 0 Å². The molecule has 1 saturated heterocycles. The molecule has 0 aliphatic carbocycles. The number of phenols is 3. The summed E-state index contributed by atoms with van der Waals surface area (Å²) in [5, 5.41) is 55.6. The maximum atomic E-state index is 14.4. The van der Waals surface area contributed by atoms with Crippen LogP contribution in [0.4, 0.5) is 5.69 Å². The maximum Gasteiger partial charge on any atom is 0.312 e. The average Bonchev–Trinajstić information content (AvgIpc) is 3.44. The molecule has 0 aromatic heterocycles. The van der Waals surface area contributed by atoms with Gasteiger partial charge in [0.2, 0.25) is 0 Å². The van der Waals surface area contributed by atoms with E-state index >= 15 is 0 Å². The van der Waals surface area contributed by atoms with Gasteiger partial charge >= 0.3 is 11.8 Å². The van der Waals surface area contributed by atoms with Crippen molar-refractivity contribution < 1.29 is 53.8 Å². The molecule has 5 bridgehead atoms. The normalized spacial score (nSPS) is 31.1. The number of fused-ring (bicyclic) bond motifs is 14. The first-order valence-electron chi connectivity index (χ1n) is 19.7. The largest absolute Gasteiger partial charge is 0.507 e. The number of nitrogens with one attached hydrogen (secondary N) is 1. The number of aromatic hydroxyl groups is 3. The number of aliphatic hydroxyl groups is 1. The van der Waals surface area contributed by atoms with Crippen molar-refractivity contribution in [3.63, 3.8) is 0 Å². The maximum absolute atomic E-state index is 14.4. The minimum Gasteiger partial charge on any atom is -0.507 e. The molecule has 8 unspecified atom stereocenters. The molecule has 2 aromatic carbocycles.